The lowest BCUT2D eigenvalue weighted by atomic mass is 10.4. The normalized spacial score (nSPS) is 13.9. The topological polar surface area (TPSA) is 110 Å². The zero-order chi connectivity index (χ0) is 12.3. The van der Waals surface area contributed by atoms with Gasteiger partial charge in [0.25, 0.3) is 0 Å². The monoisotopic (exact) mass is 248 g/mol. The van der Waals surface area contributed by atoms with Gasteiger partial charge in [-0.2, -0.15) is 5.10 Å². The zero-order valence-corrected chi connectivity index (χ0v) is 10.0. The Labute approximate surface area is 94.3 Å². The third-order valence-electron chi connectivity index (χ3n) is 2.00. The maximum absolute atomic E-state index is 11.8. The summed E-state index contributed by atoms with van der Waals surface area (Å²) in [5.41, 5.74) is 5.51. The fraction of sp³-hybridized carbons (Fsp3) is 0.625. The summed E-state index contributed by atoms with van der Waals surface area (Å²) in [6.45, 7) is 3.64. The van der Waals surface area contributed by atoms with E-state index < -0.39 is 16.1 Å². The van der Waals surface area contributed by atoms with Crippen molar-refractivity contribution in [2.24, 2.45) is 0 Å². The van der Waals surface area contributed by atoms with E-state index in [1.807, 2.05) is 6.92 Å². The number of nitrogen functional groups attached to an aromatic ring is 1. The molecule has 0 saturated heterocycles. The molecule has 1 aromatic rings. The second kappa shape index (κ2) is 4.81. The number of hydrogen-bond donors (Lipinski definition) is 3. The van der Waals surface area contributed by atoms with E-state index in [2.05, 4.69) is 9.82 Å². The number of aromatic nitrogens is 2. The lowest BCUT2D eigenvalue weighted by Crippen LogP contribution is -2.35. The van der Waals surface area contributed by atoms with Gasteiger partial charge in [-0.25, -0.2) is 13.1 Å². The summed E-state index contributed by atoms with van der Waals surface area (Å²) in [6.07, 6.45) is 1.36. The first-order valence-electron chi connectivity index (χ1n) is 4.86. The summed E-state index contributed by atoms with van der Waals surface area (Å²) >= 11 is 0. The molecule has 1 aromatic heterocycles. The number of hydrogen-bond acceptors (Lipinski definition) is 5. The Kier molecular flexibility index (Phi) is 3.89. The van der Waals surface area contributed by atoms with Gasteiger partial charge in [0.15, 0.2) is 5.82 Å². The van der Waals surface area contributed by atoms with Crippen molar-refractivity contribution in [2.75, 3.05) is 12.3 Å². The van der Waals surface area contributed by atoms with Crippen molar-refractivity contribution in [3.8, 4) is 0 Å². The highest BCUT2D eigenvalue weighted by atomic mass is 32.2. The van der Waals surface area contributed by atoms with Crippen LogP contribution in [0.3, 0.4) is 0 Å². The maximum atomic E-state index is 11.8. The van der Waals surface area contributed by atoms with Gasteiger partial charge in [-0.3, -0.25) is 4.68 Å². The molecule has 0 aliphatic rings. The van der Waals surface area contributed by atoms with E-state index in [4.69, 9.17) is 10.8 Å². The molecule has 7 nitrogen and oxygen atoms in total. The van der Waals surface area contributed by atoms with E-state index in [9.17, 15) is 8.42 Å². The van der Waals surface area contributed by atoms with E-state index >= 15 is 0 Å². The molecule has 0 fully saturated rings. The molecule has 92 valence electrons. The number of anilines is 1. The van der Waals surface area contributed by atoms with Gasteiger partial charge in [-0.05, 0) is 13.8 Å². The molecule has 0 bridgehead atoms. The van der Waals surface area contributed by atoms with Gasteiger partial charge >= 0.3 is 0 Å². The predicted octanol–water partition coefficient (Wildman–Crippen LogP) is -0.856. The molecule has 0 saturated carbocycles. The van der Waals surface area contributed by atoms with Crippen LogP contribution in [-0.2, 0) is 16.6 Å². The standard InChI is InChI=1S/C8H16N4O3S/c1-3-12-4-7(8(9)10-12)16(14,15)11-6(2)5-13/h4,6,11,13H,3,5H2,1-2H3,(H2,9,10)/t6-/m1/s1. The minimum Gasteiger partial charge on any atom is -0.395 e. The molecule has 0 amide bonds. The summed E-state index contributed by atoms with van der Waals surface area (Å²) in [7, 11) is -3.71. The molecule has 1 rings (SSSR count). The number of sulfonamides is 1. The van der Waals surface area contributed by atoms with Crippen LogP contribution in [0.2, 0.25) is 0 Å². The Hall–Kier alpha value is -1.12. The van der Waals surface area contributed by atoms with Gasteiger partial charge in [0.05, 0.1) is 6.61 Å². The Morgan fingerprint density at radius 1 is 1.69 bits per heavy atom. The number of aliphatic hydroxyl groups excluding tert-OH is 1. The van der Waals surface area contributed by atoms with Crippen molar-refractivity contribution in [3.63, 3.8) is 0 Å². The van der Waals surface area contributed by atoms with Crippen LogP contribution in [0.1, 0.15) is 13.8 Å². The minimum atomic E-state index is -3.71. The molecule has 1 atom stereocenters. The van der Waals surface area contributed by atoms with Crippen molar-refractivity contribution in [1.82, 2.24) is 14.5 Å². The van der Waals surface area contributed by atoms with Crippen LogP contribution in [0.25, 0.3) is 0 Å². The molecule has 0 unspecified atom stereocenters. The first kappa shape index (κ1) is 12.9. The van der Waals surface area contributed by atoms with Gasteiger partial charge in [0.2, 0.25) is 10.0 Å². The van der Waals surface area contributed by atoms with E-state index in [1.54, 1.807) is 6.92 Å². The molecule has 4 N–H and O–H groups in total. The van der Waals surface area contributed by atoms with Crippen LogP contribution in [-0.4, -0.2) is 36.0 Å². The van der Waals surface area contributed by atoms with Crippen molar-refractivity contribution in [2.45, 2.75) is 31.3 Å². The van der Waals surface area contributed by atoms with Gasteiger partial charge < -0.3 is 10.8 Å². The lowest BCUT2D eigenvalue weighted by Gasteiger charge is -2.10. The summed E-state index contributed by atoms with van der Waals surface area (Å²) in [5, 5.41) is 12.6. The average Bonchev–Trinajstić information content (AvgIpc) is 2.59. The van der Waals surface area contributed by atoms with Gasteiger partial charge in [-0.15, -0.1) is 0 Å². The van der Waals surface area contributed by atoms with Gasteiger partial charge in [0, 0.05) is 18.8 Å². The van der Waals surface area contributed by atoms with E-state index in [-0.39, 0.29) is 17.3 Å². The van der Waals surface area contributed by atoms with Crippen LogP contribution in [0, 0.1) is 0 Å². The van der Waals surface area contributed by atoms with Gasteiger partial charge in [-0.1, -0.05) is 0 Å². The Bertz CT molecular complexity index is 454. The van der Waals surface area contributed by atoms with E-state index in [0.717, 1.165) is 0 Å². The molecular formula is C8H16N4O3S. The number of nitrogens with zero attached hydrogens (tertiary/aromatic N) is 2. The van der Waals surface area contributed by atoms with Crippen LogP contribution in [0.5, 0.6) is 0 Å². The molecule has 0 aromatic carbocycles. The van der Waals surface area contributed by atoms with E-state index in [1.165, 1.54) is 10.9 Å². The average molecular weight is 248 g/mol. The maximum Gasteiger partial charge on any atom is 0.246 e. The van der Waals surface area contributed by atoms with Crippen molar-refractivity contribution >= 4 is 15.8 Å². The molecule has 0 spiro atoms. The molecular weight excluding hydrogens is 232 g/mol. The molecule has 0 aliphatic heterocycles. The Balaban J connectivity index is 3.02. The smallest absolute Gasteiger partial charge is 0.246 e. The largest absolute Gasteiger partial charge is 0.395 e. The Morgan fingerprint density at radius 2 is 2.31 bits per heavy atom. The van der Waals surface area contributed by atoms with Crippen LogP contribution >= 0.6 is 0 Å². The summed E-state index contributed by atoms with van der Waals surface area (Å²) in [5.74, 6) is -0.0421. The number of nitrogens with two attached hydrogens (primary N) is 1. The molecule has 0 radical (unpaired) electrons. The molecule has 16 heavy (non-hydrogen) atoms. The second-order valence-corrected chi connectivity index (χ2v) is 5.12. The van der Waals surface area contributed by atoms with E-state index in [0.29, 0.717) is 6.54 Å². The lowest BCUT2D eigenvalue weighted by molar-refractivity contribution is 0.265. The number of aryl methyl sites for hydroxylation is 1. The molecule has 8 heteroatoms. The van der Waals surface area contributed by atoms with Crippen molar-refractivity contribution in [1.29, 1.82) is 0 Å². The summed E-state index contributed by atoms with van der Waals surface area (Å²) < 4.78 is 27.3. The third kappa shape index (κ3) is 2.71. The third-order valence-corrected chi connectivity index (χ3v) is 3.60. The second-order valence-electron chi connectivity index (χ2n) is 3.44. The predicted molar refractivity (Wildman–Crippen MR) is 59.2 cm³/mol. The fourth-order valence-corrected chi connectivity index (χ4v) is 2.46. The zero-order valence-electron chi connectivity index (χ0n) is 9.21. The fourth-order valence-electron chi connectivity index (χ4n) is 1.15. The first-order valence-corrected chi connectivity index (χ1v) is 6.35. The first-order chi connectivity index (χ1) is 7.40. The molecule has 1 heterocycles. The van der Waals surface area contributed by atoms with Crippen LogP contribution in [0.4, 0.5) is 5.82 Å². The number of nitrogens with one attached hydrogen (secondary N) is 1. The molecule has 0 aliphatic carbocycles. The number of aliphatic hydroxyl groups is 1. The summed E-state index contributed by atoms with van der Waals surface area (Å²) in [6, 6.07) is -0.561. The van der Waals surface area contributed by atoms with Crippen LogP contribution in [0.15, 0.2) is 11.1 Å². The SMILES string of the molecule is CCn1cc(S(=O)(=O)N[C@H](C)CO)c(N)n1. The number of rotatable bonds is 5. The highest BCUT2D eigenvalue weighted by Crippen LogP contribution is 2.16. The van der Waals surface area contributed by atoms with Crippen molar-refractivity contribution < 1.29 is 13.5 Å². The van der Waals surface area contributed by atoms with Gasteiger partial charge in [0.1, 0.15) is 4.90 Å². The van der Waals surface area contributed by atoms with Crippen molar-refractivity contribution in [3.05, 3.63) is 6.20 Å². The van der Waals surface area contributed by atoms with Crippen LogP contribution < -0.4 is 10.5 Å². The Morgan fingerprint density at radius 3 is 2.75 bits per heavy atom. The highest BCUT2D eigenvalue weighted by Gasteiger charge is 2.22. The highest BCUT2D eigenvalue weighted by molar-refractivity contribution is 7.89. The minimum absolute atomic E-state index is 0.0421. The summed E-state index contributed by atoms with van der Waals surface area (Å²) in [4.78, 5) is -0.0605. The quantitative estimate of drug-likeness (QED) is 0.628.